The molecule has 0 saturated carbocycles. The number of esters is 1. The standard InChI is InChI=1S/C21H21N3O6/c1-4-30-21(27)13-7-5-6-8-15(13)23-19(25)11-24-12-22-16-10-18(29-3)17(28-2)9-14(16)20(24)26/h5-10,12H,4,11H2,1-3H3,(H,23,25). The van der Waals surface area contributed by atoms with Gasteiger partial charge in [-0.2, -0.15) is 0 Å². The van der Waals surface area contributed by atoms with Crippen LogP contribution in [0, 0.1) is 0 Å². The Morgan fingerprint density at radius 3 is 2.50 bits per heavy atom. The van der Waals surface area contributed by atoms with Crippen molar-refractivity contribution in [2.75, 3.05) is 26.1 Å². The molecule has 0 aliphatic rings. The van der Waals surface area contributed by atoms with E-state index in [4.69, 9.17) is 14.2 Å². The van der Waals surface area contributed by atoms with Gasteiger partial charge in [0.05, 0.1) is 49.3 Å². The van der Waals surface area contributed by atoms with Crippen LogP contribution in [0.4, 0.5) is 5.69 Å². The predicted octanol–water partition coefficient (Wildman–Crippen LogP) is 2.23. The van der Waals surface area contributed by atoms with Crippen LogP contribution in [0.1, 0.15) is 17.3 Å². The van der Waals surface area contributed by atoms with Crippen molar-refractivity contribution < 1.29 is 23.8 Å². The van der Waals surface area contributed by atoms with E-state index >= 15 is 0 Å². The average Bonchev–Trinajstić information content (AvgIpc) is 2.75. The maximum atomic E-state index is 12.8. The molecule has 0 saturated heterocycles. The number of hydrogen-bond acceptors (Lipinski definition) is 7. The number of methoxy groups -OCH3 is 2. The third-order valence-corrected chi connectivity index (χ3v) is 4.34. The number of ether oxygens (including phenoxy) is 3. The van der Waals surface area contributed by atoms with Crippen LogP contribution in [0.15, 0.2) is 47.5 Å². The topological polar surface area (TPSA) is 109 Å². The fourth-order valence-electron chi connectivity index (χ4n) is 2.92. The summed E-state index contributed by atoms with van der Waals surface area (Å²) in [5.74, 6) is -0.202. The molecule has 156 valence electrons. The first-order chi connectivity index (χ1) is 14.5. The third-order valence-electron chi connectivity index (χ3n) is 4.34. The van der Waals surface area contributed by atoms with Crippen molar-refractivity contribution in [1.29, 1.82) is 0 Å². The maximum Gasteiger partial charge on any atom is 0.340 e. The van der Waals surface area contributed by atoms with Crippen molar-refractivity contribution in [3.63, 3.8) is 0 Å². The SMILES string of the molecule is CCOC(=O)c1ccccc1NC(=O)Cn1cnc2cc(OC)c(OC)cc2c1=O. The lowest BCUT2D eigenvalue weighted by atomic mass is 10.2. The van der Waals surface area contributed by atoms with Crippen molar-refractivity contribution in [2.45, 2.75) is 13.5 Å². The highest BCUT2D eigenvalue weighted by Crippen LogP contribution is 2.29. The van der Waals surface area contributed by atoms with Crippen LogP contribution in [-0.4, -0.2) is 42.3 Å². The number of para-hydroxylation sites is 1. The van der Waals surface area contributed by atoms with Gasteiger partial charge in [-0.15, -0.1) is 0 Å². The summed E-state index contributed by atoms with van der Waals surface area (Å²) in [6.07, 6.45) is 1.29. The minimum absolute atomic E-state index is 0.216. The molecule has 0 unspecified atom stereocenters. The summed E-state index contributed by atoms with van der Waals surface area (Å²) in [5, 5.41) is 2.93. The van der Waals surface area contributed by atoms with E-state index < -0.39 is 17.4 Å². The first-order valence-electron chi connectivity index (χ1n) is 9.15. The third kappa shape index (κ3) is 4.24. The molecule has 0 atom stereocenters. The number of amides is 1. The van der Waals surface area contributed by atoms with Crippen LogP contribution in [0.3, 0.4) is 0 Å². The van der Waals surface area contributed by atoms with Gasteiger partial charge in [-0.05, 0) is 25.1 Å². The van der Waals surface area contributed by atoms with Crippen LogP contribution in [0.25, 0.3) is 10.9 Å². The molecule has 3 aromatic rings. The second kappa shape index (κ2) is 9.08. The molecular weight excluding hydrogens is 390 g/mol. The summed E-state index contributed by atoms with van der Waals surface area (Å²) in [6.45, 7) is 1.63. The van der Waals surface area contributed by atoms with E-state index in [-0.39, 0.29) is 24.1 Å². The summed E-state index contributed by atoms with van der Waals surface area (Å²) in [6, 6.07) is 9.60. The van der Waals surface area contributed by atoms with Gasteiger partial charge in [0.25, 0.3) is 5.56 Å². The number of rotatable bonds is 7. The van der Waals surface area contributed by atoms with Gasteiger partial charge in [0.15, 0.2) is 11.5 Å². The molecular formula is C21H21N3O6. The van der Waals surface area contributed by atoms with Gasteiger partial charge in [0.1, 0.15) is 6.54 Å². The lowest BCUT2D eigenvalue weighted by molar-refractivity contribution is -0.116. The van der Waals surface area contributed by atoms with E-state index in [2.05, 4.69) is 10.3 Å². The Kier molecular flexibility index (Phi) is 6.31. The number of carbonyl (C=O) groups excluding carboxylic acids is 2. The summed E-state index contributed by atoms with van der Waals surface area (Å²) < 4.78 is 16.6. The fourth-order valence-corrected chi connectivity index (χ4v) is 2.92. The number of aromatic nitrogens is 2. The molecule has 1 heterocycles. The van der Waals surface area contributed by atoms with Crippen LogP contribution in [0.5, 0.6) is 11.5 Å². The van der Waals surface area contributed by atoms with Crippen LogP contribution in [-0.2, 0) is 16.1 Å². The number of fused-ring (bicyclic) bond motifs is 1. The summed E-state index contributed by atoms with van der Waals surface area (Å²) >= 11 is 0. The Morgan fingerprint density at radius 1 is 1.10 bits per heavy atom. The molecule has 2 aromatic carbocycles. The van der Waals surface area contributed by atoms with Gasteiger partial charge in [0.2, 0.25) is 5.91 Å². The highest BCUT2D eigenvalue weighted by Gasteiger charge is 2.16. The molecule has 0 fully saturated rings. The zero-order valence-electron chi connectivity index (χ0n) is 16.8. The van der Waals surface area contributed by atoms with Gasteiger partial charge in [-0.25, -0.2) is 9.78 Å². The largest absolute Gasteiger partial charge is 0.493 e. The number of carbonyl (C=O) groups is 2. The number of hydrogen-bond donors (Lipinski definition) is 1. The normalized spacial score (nSPS) is 10.5. The number of benzene rings is 2. The molecule has 30 heavy (non-hydrogen) atoms. The summed E-state index contributed by atoms with van der Waals surface area (Å²) in [7, 11) is 2.95. The molecule has 0 aliphatic carbocycles. The van der Waals surface area contributed by atoms with Crippen LogP contribution >= 0.6 is 0 Å². The molecule has 9 nitrogen and oxygen atoms in total. The van der Waals surface area contributed by atoms with Crippen molar-refractivity contribution in [3.05, 3.63) is 58.6 Å². The van der Waals surface area contributed by atoms with E-state index in [9.17, 15) is 14.4 Å². The van der Waals surface area contributed by atoms with E-state index in [0.29, 0.717) is 22.7 Å². The van der Waals surface area contributed by atoms with Crippen molar-refractivity contribution >= 4 is 28.5 Å². The molecule has 1 aromatic heterocycles. The second-order valence-electron chi connectivity index (χ2n) is 6.22. The Labute approximate surface area is 172 Å². The fraction of sp³-hybridized carbons (Fsp3) is 0.238. The van der Waals surface area contributed by atoms with Gasteiger partial charge in [0, 0.05) is 6.07 Å². The smallest absolute Gasteiger partial charge is 0.340 e. The van der Waals surface area contributed by atoms with Crippen molar-refractivity contribution in [1.82, 2.24) is 9.55 Å². The average molecular weight is 411 g/mol. The minimum atomic E-state index is -0.543. The highest BCUT2D eigenvalue weighted by atomic mass is 16.5. The van der Waals surface area contributed by atoms with E-state index in [1.807, 2.05) is 0 Å². The molecule has 0 spiro atoms. The number of nitrogens with one attached hydrogen (secondary N) is 1. The monoisotopic (exact) mass is 411 g/mol. The molecule has 3 rings (SSSR count). The zero-order valence-corrected chi connectivity index (χ0v) is 16.8. The Morgan fingerprint density at radius 2 is 1.80 bits per heavy atom. The van der Waals surface area contributed by atoms with Crippen LogP contribution in [0.2, 0.25) is 0 Å². The van der Waals surface area contributed by atoms with E-state index in [1.165, 1.54) is 31.2 Å². The summed E-state index contributed by atoms with van der Waals surface area (Å²) in [4.78, 5) is 41.6. The Balaban J connectivity index is 1.87. The lowest BCUT2D eigenvalue weighted by Crippen LogP contribution is -2.28. The quantitative estimate of drug-likeness (QED) is 0.594. The second-order valence-corrected chi connectivity index (χ2v) is 6.22. The zero-order chi connectivity index (χ0) is 21.7. The van der Waals surface area contributed by atoms with Gasteiger partial charge in [-0.3, -0.25) is 14.2 Å². The Bertz CT molecular complexity index is 1160. The lowest BCUT2D eigenvalue weighted by Gasteiger charge is -2.12. The van der Waals surface area contributed by atoms with Gasteiger partial charge < -0.3 is 19.5 Å². The van der Waals surface area contributed by atoms with E-state index in [0.717, 1.165) is 0 Å². The van der Waals surface area contributed by atoms with E-state index in [1.54, 1.807) is 37.3 Å². The Hall–Kier alpha value is -3.88. The van der Waals surface area contributed by atoms with Gasteiger partial charge in [-0.1, -0.05) is 12.1 Å². The predicted molar refractivity (Wildman–Crippen MR) is 110 cm³/mol. The number of anilines is 1. The first-order valence-corrected chi connectivity index (χ1v) is 9.15. The molecule has 1 N–H and O–H groups in total. The van der Waals surface area contributed by atoms with Gasteiger partial charge >= 0.3 is 5.97 Å². The summed E-state index contributed by atoms with van der Waals surface area (Å²) in [5.41, 5.74) is 0.541. The molecule has 1 amide bonds. The molecule has 0 bridgehead atoms. The maximum absolute atomic E-state index is 12.8. The molecule has 0 radical (unpaired) electrons. The number of nitrogens with zero attached hydrogens (tertiary/aromatic N) is 2. The minimum Gasteiger partial charge on any atom is -0.493 e. The van der Waals surface area contributed by atoms with Crippen LogP contribution < -0.4 is 20.3 Å². The molecule has 9 heteroatoms. The molecule has 0 aliphatic heterocycles. The highest BCUT2D eigenvalue weighted by molar-refractivity contribution is 6.01. The van der Waals surface area contributed by atoms with Crippen molar-refractivity contribution in [2.24, 2.45) is 0 Å². The first kappa shape index (κ1) is 20.8. The van der Waals surface area contributed by atoms with Crippen molar-refractivity contribution in [3.8, 4) is 11.5 Å².